The maximum atomic E-state index is 12.0. The van der Waals surface area contributed by atoms with Gasteiger partial charge in [-0.15, -0.1) is 0 Å². The summed E-state index contributed by atoms with van der Waals surface area (Å²) in [5, 5.41) is 12.7. The number of benzene rings is 2. The highest BCUT2D eigenvalue weighted by atomic mass is 16.3. The van der Waals surface area contributed by atoms with Crippen molar-refractivity contribution in [2.75, 3.05) is 5.32 Å². The third-order valence-electron chi connectivity index (χ3n) is 2.85. The van der Waals surface area contributed by atoms with Gasteiger partial charge in [0.05, 0.1) is 0 Å². The van der Waals surface area contributed by atoms with Gasteiger partial charge in [0, 0.05) is 5.69 Å². The number of rotatable bonds is 3. The maximum Gasteiger partial charge on any atom is 0.257 e. The zero-order valence-corrected chi connectivity index (χ0v) is 11.1. The number of nitrogens with one attached hydrogen (secondary N) is 1. The van der Waals surface area contributed by atoms with E-state index in [1.807, 2.05) is 38.1 Å². The molecule has 0 bridgehead atoms. The standard InChI is InChI=1S/C16H17NO2/c1-11-8-12(2)10-14(9-11)17-16(19)15(18)13-6-4-3-5-7-13/h3-10,15,18H,1-2H3,(H,17,19). The molecule has 0 spiro atoms. The maximum absolute atomic E-state index is 12.0. The second-order valence-corrected chi connectivity index (χ2v) is 4.68. The van der Waals surface area contributed by atoms with Gasteiger partial charge in [0.15, 0.2) is 6.10 Å². The van der Waals surface area contributed by atoms with Crippen LogP contribution < -0.4 is 5.32 Å². The lowest BCUT2D eigenvalue weighted by atomic mass is 10.1. The fourth-order valence-corrected chi connectivity index (χ4v) is 2.04. The number of carbonyl (C=O) groups is 1. The Morgan fingerprint density at radius 1 is 1.05 bits per heavy atom. The van der Waals surface area contributed by atoms with Crippen molar-refractivity contribution in [1.29, 1.82) is 0 Å². The number of aliphatic hydroxyl groups excluding tert-OH is 1. The molecule has 3 heteroatoms. The van der Waals surface area contributed by atoms with Crippen LogP contribution in [-0.4, -0.2) is 11.0 Å². The van der Waals surface area contributed by atoms with Crippen LogP contribution in [0, 0.1) is 13.8 Å². The second kappa shape index (κ2) is 5.67. The Morgan fingerprint density at radius 2 is 1.63 bits per heavy atom. The highest BCUT2D eigenvalue weighted by Crippen LogP contribution is 2.18. The Balaban J connectivity index is 2.13. The fourth-order valence-electron chi connectivity index (χ4n) is 2.04. The van der Waals surface area contributed by atoms with E-state index in [4.69, 9.17) is 0 Å². The molecule has 19 heavy (non-hydrogen) atoms. The molecule has 0 aliphatic carbocycles. The zero-order valence-electron chi connectivity index (χ0n) is 11.1. The summed E-state index contributed by atoms with van der Waals surface area (Å²) in [4.78, 5) is 12.0. The van der Waals surface area contributed by atoms with Crippen LogP contribution in [0.15, 0.2) is 48.5 Å². The van der Waals surface area contributed by atoms with Gasteiger partial charge in [0.1, 0.15) is 0 Å². The van der Waals surface area contributed by atoms with E-state index in [1.54, 1.807) is 24.3 Å². The summed E-state index contributed by atoms with van der Waals surface area (Å²) in [5.74, 6) is -0.420. The molecule has 98 valence electrons. The van der Waals surface area contributed by atoms with E-state index in [0.717, 1.165) is 11.1 Å². The first-order valence-electron chi connectivity index (χ1n) is 6.18. The van der Waals surface area contributed by atoms with Gasteiger partial charge in [-0.3, -0.25) is 4.79 Å². The molecule has 1 amide bonds. The van der Waals surface area contributed by atoms with Crippen molar-refractivity contribution in [2.45, 2.75) is 20.0 Å². The van der Waals surface area contributed by atoms with Crippen LogP contribution >= 0.6 is 0 Å². The lowest BCUT2D eigenvalue weighted by Crippen LogP contribution is -2.20. The molecule has 0 aromatic heterocycles. The molecule has 0 saturated heterocycles. The summed E-state index contributed by atoms with van der Waals surface area (Å²) in [6, 6.07) is 14.7. The number of hydrogen-bond donors (Lipinski definition) is 2. The third-order valence-corrected chi connectivity index (χ3v) is 2.85. The molecule has 3 nitrogen and oxygen atoms in total. The van der Waals surface area contributed by atoms with Gasteiger partial charge in [-0.2, -0.15) is 0 Å². The number of anilines is 1. The molecular weight excluding hydrogens is 238 g/mol. The minimum atomic E-state index is -1.15. The number of aliphatic hydroxyl groups is 1. The van der Waals surface area contributed by atoms with Crippen molar-refractivity contribution in [2.24, 2.45) is 0 Å². The van der Waals surface area contributed by atoms with Crippen molar-refractivity contribution in [3.63, 3.8) is 0 Å². The van der Waals surface area contributed by atoms with Crippen molar-refractivity contribution >= 4 is 11.6 Å². The lowest BCUT2D eigenvalue weighted by Gasteiger charge is -2.12. The van der Waals surface area contributed by atoms with Crippen LogP contribution in [-0.2, 0) is 4.79 Å². The predicted molar refractivity (Wildman–Crippen MR) is 75.9 cm³/mol. The Bertz CT molecular complexity index is 558. The van der Waals surface area contributed by atoms with Gasteiger partial charge in [-0.1, -0.05) is 36.4 Å². The van der Waals surface area contributed by atoms with Crippen molar-refractivity contribution in [1.82, 2.24) is 0 Å². The third kappa shape index (κ3) is 3.42. The zero-order chi connectivity index (χ0) is 13.8. The lowest BCUT2D eigenvalue weighted by molar-refractivity contribution is -0.124. The number of hydrogen-bond acceptors (Lipinski definition) is 2. The van der Waals surface area contributed by atoms with Gasteiger partial charge >= 0.3 is 0 Å². The molecular formula is C16H17NO2. The van der Waals surface area contributed by atoms with Crippen LogP contribution in [0.1, 0.15) is 22.8 Å². The Hall–Kier alpha value is -2.13. The molecule has 1 unspecified atom stereocenters. The average molecular weight is 255 g/mol. The van der Waals surface area contributed by atoms with Gasteiger partial charge in [-0.05, 0) is 42.7 Å². The molecule has 0 radical (unpaired) electrons. The van der Waals surface area contributed by atoms with Gasteiger partial charge in [-0.25, -0.2) is 0 Å². The van der Waals surface area contributed by atoms with Crippen LogP contribution in [0.5, 0.6) is 0 Å². The monoisotopic (exact) mass is 255 g/mol. The first-order chi connectivity index (χ1) is 9.06. The molecule has 0 aliphatic heterocycles. The van der Waals surface area contributed by atoms with E-state index in [-0.39, 0.29) is 0 Å². The van der Waals surface area contributed by atoms with Gasteiger partial charge < -0.3 is 10.4 Å². The van der Waals surface area contributed by atoms with Gasteiger partial charge in [0.25, 0.3) is 5.91 Å². The summed E-state index contributed by atoms with van der Waals surface area (Å²) in [6.07, 6.45) is -1.15. The SMILES string of the molecule is Cc1cc(C)cc(NC(=O)C(O)c2ccccc2)c1. The molecule has 2 aromatic carbocycles. The number of amides is 1. The predicted octanol–water partition coefficient (Wildman–Crippen LogP) is 2.98. The minimum absolute atomic E-state index is 0.420. The first kappa shape index (κ1) is 13.3. The van der Waals surface area contributed by atoms with Crippen LogP contribution in [0.4, 0.5) is 5.69 Å². The van der Waals surface area contributed by atoms with E-state index in [9.17, 15) is 9.90 Å². The van der Waals surface area contributed by atoms with E-state index in [2.05, 4.69) is 5.32 Å². The number of carbonyl (C=O) groups excluding carboxylic acids is 1. The van der Waals surface area contributed by atoms with Crippen molar-refractivity contribution < 1.29 is 9.90 Å². The smallest absolute Gasteiger partial charge is 0.257 e. The summed E-state index contributed by atoms with van der Waals surface area (Å²) in [6.45, 7) is 3.94. The normalized spacial score (nSPS) is 11.9. The molecule has 2 rings (SSSR count). The van der Waals surface area contributed by atoms with Crippen LogP contribution in [0.2, 0.25) is 0 Å². The summed E-state index contributed by atoms with van der Waals surface area (Å²) in [7, 11) is 0. The molecule has 2 aromatic rings. The highest BCUT2D eigenvalue weighted by molar-refractivity contribution is 5.94. The fraction of sp³-hybridized carbons (Fsp3) is 0.188. The summed E-state index contributed by atoms with van der Waals surface area (Å²) in [5.41, 5.74) is 3.44. The molecule has 0 heterocycles. The number of aryl methyl sites for hydroxylation is 2. The first-order valence-corrected chi connectivity index (χ1v) is 6.18. The average Bonchev–Trinajstić information content (AvgIpc) is 2.37. The Labute approximate surface area is 112 Å². The topological polar surface area (TPSA) is 49.3 Å². The van der Waals surface area contributed by atoms with Crippen LogP contribution in [0.25, 0.3) is 0 Å². The quantitative estimate of drug-likeness (QED) is 0.885. The Morgan fingerprint density at radius 3 is 2.21 bits per heavy atom. The summed E-state index contributed by atoms with van der Waals surface area (Å²) < 4.78 is 0. The molecule has 0 saturated carbocycles. The van der Waals surface area contributed by atoms with E-state index >= 15 is 0 Å². The van der Waals surface area contributed by atoms with E-state index in [1.165, 1.54) is 0 Å². The van der Waals surface area contributed by atoms with E-state index in [0.29, 0.717) is 11.3 Å². The largest absolute Gasteiger partial charge is 0.378 e. The van der Waals surface area contributed by atoms with Crippen molar-refractivity contribution in [3.05, 3.63) is 65.2 Å². The summed E-state index contributed by atoms with van der Waals surface area (Å²) >= 11 is 0. The molecule has 1 atom stereocenters. The van der Waals surface area contributed by atoms with E-state index < -0.39 is 12.0 Å². The van der Waals surface area contributed by atoms with Crippen LogP contribution in [0.3, 0.4) is 0 Å². The second-order valence-electron chi connectivity index (χ2n) is 4.68. The molecule has 0 fully saturated rings. The van der Waals surface area contributed by atoms with Gasteiger partial charge in [0.2, 0.25) is 0 Å². The van der Waals surface area contributed by atoms with Crippen molar-refractivity contribution in [3.8, 4) is 0 Å². The Kier molecular flexibility index (Phi) is 3.97. The minimum Gasteiger partial charge on any atom is -0.378 e. The molecule has 0 aliphatic rings. The molecule has 2 N–H and O–H groups in total. The highest BCUT2D eigenvalue weighted by Gasteiger charge is 2.17.